The summed E-state index contributed by atoms with van der Waals surface area (Å²) in [5.74, 6) is 10.6. The Morgan fingerprint density at radius 3 is 2.25 bits per heavy atom. The van der Waals surface area contributed by atoms with Crippen LogP contribution in [0.4, 0.5) is 0 Å². The second-order valence-electron chi connectivity index (χ2n) is 6.12. The standard InChI is InChI=1S/C20H28O8/c21-12-11-15(23)10-8-6-4-2-1-3-5-7-9-13-27-20-19(26)18(25)17(24)16(14-22)28-20/h4,6-7,9,15-26H,8,10-14H2/b6-4+,9-7+/t15?,16-,17-,18+,19-,20-/m1/s1. The molecule has 8 heteroatoms. The first kappa shape index (κ1) is 24.3. The first-order valence-corrected chi connectivity index (χ1v) is 9.03. The molecule has 6 N–H and O–H groups in total. The summed E-state index contributed by atoms with van der Waals surface area (Å²) in [6, 6.07) is 0. The van der Waals surface area contributed by atoms with Crippen molar-refractivity contribution < 1.29 is 40.1 Å². The lowest BCUT2D eigenvalue weighted by Crippen LogP contribution is -2.59. The quantitative estimate of drug-likeness (QED) is 0.257. The van der Waals surface area contributed by atoms with Gasteiger partial charge in [0.2, 0.25) is 0 Å². The summed E-state index contributed by atoms with van der Waals surface area (Å²) >= 11 is 0. The van der Waals surface area contributed by atoms with E-state index in [4.69, 9.17) is 19.7 Å². The fraction of sp³-hybridized carbons (Fsp3) is 0.600. The molecule has 0 bridgehead atoms. The lowest BCUT2D eigenvalue weighted by molar-refractivity contribution is -0.298. The fourth-order valence-electron chi connectivity index (χ4n) is 2.34. The summed E-state index contributed by atoms with van der Waals surface area (Å²) in [4.78, 5) is 0. The van der Waals surface area contributed by atoms with Crippen LogP contribution in [0.5, 0.6) is 0 Å². The van der Waals surface area contributed by atoms with Gasteiger partial charge in [-0.3, -0.25) is 0 Å². The van der Waals surface area contributed by atoms with Crippen LogP contribution in [0.3, 0.4) is 0 Å². The van der Waals surface area contributed by atoms with Gasteiger partial charge in [-0.05, 0) is 43.3 Å². The fourth-order valence-corrected chi connectivity index (χ4v) is 2.34. The van der Waals surface area contributed by atoms with Crippen molar-refractivity contribution in [3.63, 3.8) is 0 Å². The number of hydrogen-bond acceptors (Lipinski definition) is 8. The Kier molecular flexibility index (Phi) is 12.4. The monoisotopic (exact) mass is 396 g/mol. The van der Waals surface area contributed by atoms with Crippen molar-refractivity contribution >= 4 is 0 Å². The maximum atomic E-state index is 9.80. The molecule has 28 heavy (non-hydrogen) atoms. The van der Waals surface area contributed by atoms with Crippen molar-refractivity contribution in [2.75, 3.05) is 19.8 Å². The zero-order chi connectivity index (χ0) is 20.8. The van der Waals surface area contributed by atoms with Gasteiger partial charge >= 0.3 is 0 Å². The van der Waals surface area contributed by atoms with Crippen molar-refractivity contribution in [3.05, 3.63) is 24.3 Å². The second-order valence-corrected chi connectivity index (χ2v) is 6.12. The highest BCUT2D eigenvalue weighted by Crippen LogP contribution is 2.21. The molecular formula is C20H28O8. The lowest BCUT2D eigenvalue weighted by atomic mass is 9.99. The van der Waals surface area contributed by atoms with E-state index >= 15 is 0 Å². The Hall–Kier alpha value is -1.72. The summed E-state index contributed by atoms with van der Waals surface area (Å²) in [6.07, 6.45) is 1.14. The van der Waals surface area contributed by atoms with Crippen molar-refractivity contribution in [2.24, 2.45) is 0 Å². The third-order valence-corrected chi connectivity index (χ3v) is 3.94. The van der Waals surface area contributed by atoms with Crippen molar-refractivity contribution in [1.29, 1.82) is 0 Å². The van der Waals surface area contributed by atoms with Gasteiger partial charge in [-0.1, -0.05) is 24.0 Å². The Labute approximate surface area is 164 Å². The van der Waals surface area contributed by atoms with Gasteiger partial charge in [-0.2, -0.15) is 0 Å². The molecule has 0 saturated carbocycles. The normalized spacial score (nSPS) is 28.6. The molecule has 1 fully saturated rings. The van der Waals surface area contributed by atoms with Gasteiger partial charge in [0.25, 0.3) is 0 Å². The zero-order valence-corrected chi connectivity index (χ0v) is 15.5. The Balaban J connectivity index is 2.27. The predicted octanol–water partition coefficient (Wildman–Crippen LogP) is -1.55. The SMILES string of the molecule is OCCC(O)CC/C=C/C#CC#C/C=C/CO[C@@H]1O[C@H](CO)[C@@H](O)[C@H](O)[C@H]1O. The third kappa shape index (κ3) is 8.98. The Bertz CT molecular complexity index is 607. The van der Waals surface area contributed by atoms with Gasteiger partial charge in [-0.15, -0.1) is 0 Å². The summed E-state index contributed by atoms with van der Waals surface area (Å²) in [7, 11) is 0. The molecule has 0 radical (unpaired) electrons. The molecule has 0 aromatic rings. The first-order valence-electron chi connectivity index (χ1n) is 9.03. The number of aliphatic hydroxyl groups excluding tert-OH is 6. The number of rotatable bonds is 9. The molecule has 0 aromatic heterocycles. The average molecular weight is 396 g/mol. The number of allylic oxidation sites excluding steroid dienone is 3. The summed E-state index contributed by atoms with van der Waals surface area (Å²) in [5, 5.41) is 56.3. The molecule has 1 heterocycles. The van der Waals surface area contributed by atoms with Crippen molar-refractivity contribution in [1.82, 2.24) is 0 Å². The van der Waals surface area contributed by atoms with E-state index < -0.39 is 43.4 Å². The van der Waals surface area contributed by atoms with Gasteiger partial charge in [0.05, 0.1) is 19.3 Å². The highest BCUT2D eigenvalue weighted by atomic mass is 16.7. The molecule has 156 valence electrons. The molecule has 0 spiro atoms. The molecule has 1 aliphatic heterocycles. The largest absolute Gasteiger partial charge is 0.396 e. The molecule has 6 atom stereocenters. The molecule has 8 nitrogen and oxygen atoms in total. The minimum atomic E-state index is -1.47. The highest BCUT2D eigenvalue weighted by Gasteiger charge is 2.43. The van der Waals surface area contributed by atoms with E-state index in [1.807, 2.05) is 6.08 Å². The molecule has 0 aromatic carbocycles. The maximum absolute atomic E-state index is 9.80. The molecule has 0 amide bonds. The molecular weight excluding hydrogens is 368 g/mol. The summed E-state index contributed by atoms with van der Waals surface area (Å²) in [5.41, 5.74) is 0. The number of ether oxygens (including phenoxy) is 2. The van der Waals surface area contributed by atoms with Crippen LogP contribution in [0.2, 0.25) is 0 Å². The van der Waals surface area contributed by atoms with E-state index in [-0.39, 0.29) is 13.2 Å². The summed E-state index contributed by atoms with van der Waals surface area (Å²) < 4.78 is 10.5. The van der Waals surface area contributed by atoms with Gasteiger partial charge in [0, 0.05) is 6.61 Å². The molecule has 1 aliphatic rings. The third-order valence-electron chi connectivity index (χ3n) is 3.94. The average Bonchev–Trinajstić information content (AvgIpc) is 2.68. The van der Waals surface area contributed by atoms with Crippen LogP contribution in [0.25, 0.3) is 0 Å². The van der Waals surface area contributed by atoms with Gasteiger partial charge in [0.1, 0.15) is 24.4 Å². The Morgan fingerprint density at radius 2 is 1.61 bits per heavy atom. The second kappa shape index (κ2) is 14.3. The van der Waals surface area contributed by atoms with Gasteiger partial charge in [-0.25, -0.2) is 0 Å². The van der Waals surface area contributed by atoms with Crippen LogP contribution in [0.15, 0.2) is 24.3 Å². The lowest BCUT2D eigenvalue weighted by Gasteiger charge is -2.39. The van der Waals surface area contributed by atoms with E-state index in [0.717, 1.165) is 0 Å². The van der Waals surface area contributed by atoms with Crippen LogP contribution in [0.1, 0.15) is 19.3 Å². The Morgan fingerprint density at radius 1 is 0.929 bits per heavy atom. The predicted molar refractivity (Wildman–Crippen MR) is 100 cm³/mol. The summed E-state index contributed by atoms with van der Waals surface area (Å²) in [6.45, 7) is -0.495. The minimum absolute atomic E-state index is 0.0264. The van der Waals surface area contributed by atoms with Crippen LogP contribution in [-0.2, 0) is 9.47 Å². The van der Waals surface area contributed by atoms with Crippen molar-refractivity contribution in [2.45, 2.75) is 56.1 Å². The van der Waals surface area contributed by atoms with E-state index in [2.05, 4.69) is 23.7 Å². The van der Waals surface area contributed by atoms with Crippen molar-refractivity contribution in [3.8, 4) is 23.7 Å². The van der Waals surface area contributed by atoms with Crippen LogP contribution in [-0.4, -0.2) is 87.3 Å². The van der Waals surface area contributed by atoms with Crippen LogP contribution in [0, 0.1) is 23.7 Å². The number of aliphatic hydroxyl groups is 6. The molecule has 1 rings (SSSR count). The van der Waals surface area contributed by atoms with Gasteiger partial charge < -0.3 is 40.1 Å². The highest BCUT2D eigenvalue weighted by molar-refractivity contribution is 5.33. The zero-order valence-electron chi connectivity index (χ0n) is 15.5. The smallest absolute Gasteiger partial charge is 0.187 e. The maximum Gasteiger partial charge on any atom is 0.187 e. The number of hydrogen-bond donors (Lipinski definition) is 6. The molecule has 0 aliphatic carbocycles. The van der Waals surface area contributed by atoms with Crippen LogP contribution >= 0.6 is 0 Å². The first-order chi connectivity index (χ1) is 13.5. The van der Waals surface area contributed by atoms with Gasteiger partial charge in [0.15, 0.2) is 6.29 Å². The van der Waals surface area contributed by atoms with E-state index in [0.29, 0.717) is 19.3 Å². The molecule has 1 unspecified atom stereocenters. The van der Waals surface area contributed by atoms with E-state index in [1.54, 1.807) is 12.2 Å². The van der Waals surface area contributed by atoms with E-state index in [1.165, 1.54) is 6.08 Å². The van der Waals surface area contributed by atoms with E-state index in [9.17, 15) is 20.4 Å². The minimum Gasteiger partial charge on any atom is -0.396 e. The topological polar surface area (TPSA) is 140 Å². The van der Waals surface area contributed by atoms with Crippen LogP contribution < -0.4 is 0 Å². The molecule has 1 saturated heterocycles.